The van der Waals surface area contributed by atoms with Crippen LogP contribution in [0, 0.1) is 11.8 Å². The van der Waals surface area contributed by atoms with E-state index in [2.05, 4.69) is 27.3 Å². The molecule has 1 aromatic carbocycles. The van der Waals surface area contributed by atoms with Gasteiger partial charge in [-0.25, -0.2) is 4.39 Å². The number of nitrogens with zero attached hydrogens (tertiary/aromatic N) is 2. The van der Waals surface area contributed by atoms with Gasteiger partial charge in [0.15, 0.2) is 0 Å². The normalized spacial score (nSPS) is 26.9. The van der Waals surface area contributed by atoms with Crippen LogP contribution in [-0.4, -0.2) is 41.1 Å². The molecule has 1 aromatic heterocycles. The van der Waals surface area contributed by atoms with Gasteiger partial charge in [-0.15, -0.1) is 0 Å². The summed E-state index contributed by atoms with van der Waals surface area (Å²) in [6.45, 7) is 2.88. The van der Waals surface area contributed by atoms with Crippen molar-refractivity contribution in [3.05, 3.63) is 72.1 Å². The summed E-state index contributed by atoms with van der Waals surface area (Å²) in [6.07, 6.45) is 6.95. The number of nitrogens with one attached hydrogen (secondary N) is 1. The molecule has 1 unspecified atom stereocenters. The van der Waals surface area contributed by atoms with Crippen LogP contribution < -0.4 is 5.32 Å². The Labute approximate surface area is 159 Å². The molecule has 4 rings (SSSR count). The Kier molecular flexibility index (Phi) is 5.03. The van der Waals surface area contributed by atoms with Crippen LogP contribution in [0.3, 0.4) is 0 Å². The molecule has 140 valence electrons. The van der Waals surface area contributed by atoms with E-state index < -0.39 is 5.67 Å². The number of aromatic nitrogens is 1. The monoisotopic (exact) mass is 365 g/mol. The zero-order chi connectivity index (χ0) is 18.7. The Morgan fingerprint density at radius 1 is 1.22 bits per heavy atom. The molecule has 0 spiro atoms. The van der Waals surface area contributed by atoms with Gasteiger partial charge < -0.3 is 5.32 Å². The first kappa shape index (κ1) is 17.9. The predicted molar refractivity (Wildman–Crippen MR) is 103 cm³/mol. The number of amides is 1. The molecule has 0 bridgehead atoms. The van der Waals surface area contributed by atoms with Gasteiger partial charge in [0, 0.05) is 56.5 Å². The van der Waals surface area contributed by atoms with Crippen molar-refractivity contribution >= 4 is 12.0 Å². The highest BCUT2D eigenvalue weighted by molar-refractivity contribution is 5.91. The Bertz CT molecular complexity index is 797. The van der Waals surface area contributed by atoms with Gasteiger partial charge in [-0.3, -0.25) is 14.7 Å². The Balaban J connectivity index is 1.18. The van der Waals surface area contributed by atoms with Crippen LogP contribution in [-0.2, 0) is 11.3 Å². The highest BCUT2D eigenvalue weighted by Gasteiger charge is 2.68. The molecule has 1 saturated carbocycles. The Morgan fingerprint density at radius 2 is 2.00 bits per heavy atom. The molecule has 2 aromatic rings. The Hall–Kier alpha value is -2.53. The standard InChI is InChI=1S/C22H24FN3O/c23-22(10-12-25-21(27)9-8-17-7-4-11-24-13-17)19-15-26(16-20(19)22)14-18-5-2-1-3-6-18/h1-9,11,13,19-20H,10,12,14-16H2,(H,25,27)/b9-8+/t19-,20+,22?. The van der Waals surface area contributed by atoms with E-state index in [4.69, 9.17) is 0 Å². The first-order valence-corrected chi connectivity index (χ1v) is 9.46. The number of piperidine rings is 1. The summed E-state index contributed by atoms with van der Waals surface area (Å²) in [6, 6.07) is 14.0. The van der Waals surface area contributed by atoms with Crippen LogP contribution in [0.25, 0.3) is 6.08 Å². The smallest absolute Gasteiger partial charge is 0.244 e. The summed E-state index contributed by atoms with van der Waals surface area (Å²) in [4.78, 5) is 18.2. The number of alkyl halides is 1. The topological polar surface area (TPSA) is 45.2 Å². The van der Waals surface area contributed by atoms with Crippen LogP contribution >= 0.6 is 0 Å². The lowest BCUT2D eigenvalue weighted by Crippen LogP contribution is -2.32. The minimum atomic E-state index is -1.10. The number of carbonyl (C=O) groups is 1. The molecule has 5 heteroatoms. The van der Waals surface area contributed by atoms with Gasteiger partial charge in [0.2, 0.25) is 5.91 Å². The van der Waals surface area contributed by atoms with Gasteiger partial charge in [-0.05, 0) is 29.7 Å². The predicted octanol–water partition coefficient (Wildman–Crippen LogP) is 3.07. The zero-order valence-corrected chi connectivity index (χ0v) is 15.2. The number of hydrogen-bond donors (Lipinski definition) is 1. The molecule has 3 atom stereocenters. The number of rotatable bonds is 7. The van der Waals surface area contributed by atoms with Crippen LogP contribution in [0.2, 0.25) is 0 Å². The highest BCUT2D eigenvalue weighted by atomic mass is 19.1. The lowest BCUT2D eigenvalue weighted by atomic mass is 10.1. The summed E-state index contributed by atoms with van der Waals surface area (Å²) in [5.41, 5.74) is 1.04. The van der Waals surface area contributed by atoms with Crippen molar-refractivity contribution in [3.63, 3.8) is 0 Å². The average Bonchev–Trinajstić information content (AvgIpc) is 3.03. The number of hydrogen-bond acceptors (Lipinski definition) is 3. The van der Waals surface area contributed by atoms with Gasteiger partial charge in [-0.2, -0.15) is 0 Å². The van der Waals surface area contributed by atoms with Crippen molar-refractivity contribution in [1.29, 1.82) is 0 Å². The minimum absolute atomic E-state index is 0.115. The molecule has 2 fully saturated rings. The number of benzene rings is 1. The first-order chi connectivity index (χ1) is 13.1. The van der Waals surface area contributed by atoms with Crippen LogP contribution in [0.1, 0.15) is 17.5 Å². The molecule has 1 saturated heterocycles. The summed E-state index contributed by atoms with van der Waals surface area (Å²) in [5.74, 6) is 0.0343. The maximum absolute atomic E-state index is 15.0. The van der Waals surface area contributed by atoms with E-state index in [1.54, 1.807) is 18.5 Å². The maximum atomic E-state index is 15.0. The number of fused-ring (bicyclic) bond motifs is 1. The second-order valence-electron chi connectivity index (χ2n) is 7.48. The molecule has 1 amide bonds. The molecule has 2 aliphatic rings. The minimum Gasteiger partial charge on any atom is -0.352 e. The lowest BCUT2D eigenvalue weighted by molar-refractivity contribution is -0.116. The van der Waals surface area contributed by atoms with Gasteiger partial charge in [0.25, 0.3) is 0 Å². The van der Waals surface area contributed by atoms with Crippen molar-refractivity contribution in [3.8, 4) is 0 Å². The van der Waals surface area contributed by atoms with Crippen molar-refractivity contribution in [2.45, 2.75) is 18.6 Å². The van der Waals surface area contributed by atoms with Crippen LogP contribution in [0.5, 0.6) is 0 Å². The fourth-order valence-corrected chi connectivity index (χ4v) is 4.18. The van der Waals surface area contributed by atoms with Crippen LogP contribution in [0.4, 0.5) is 4.39 Å². The van der Waals surface area contributed by atoms with Gasteiger partial charge in [0.05, 0.1) is 0 Å². The quantitative estimate of drug-likeness (QED) is 0.767. The third-order valence-corrected chi connectivity index (χ3v) is 5.69. The van der Waals surface area contributed by atoms with E-state index in [9.17, 15) is 4.79 Å². The second-order valence-corrected chi connectivity index (χ2v) is 7.48. The van der Waals surface area contributed by atoms with E-state index in [1.807, 2.05) is 30.3 Å². The highest BCUT2D eigenvalue weighted by Crippen LogP contribution is 2.60. The molecule has 0 radical (unpaired) electrons. The largest absolute Gasteiger partial charge is 0.352 e. The number of carbonyl (C=O) groups excluding carboxylic acids is 1. The maximum Gasteiger partial charge on any atom is 0.244 e. The summed E-state index contributed by atoms with van der Waals surface area (Å²) < 4.78 is 15.0. The average molecular weight is 365 g/mol. The first-order valence-electron chi connectivity index (χ1n) is 9.46. The molecule has 1 aliphatic heterocycles. The second kappa shape index (κ2) is 7.61. The lowest BCUT2D eigenvalue weighted by Gasteiger charge is -2.22. The van der Waals surface area contributed by atoms with E-state index in [0.717, 1.165) is 25.2 Å². The fraction of sp³-hybridized carbons (Fsp3) is 0.364. The van der Waals surface area contributed by atoms with E-state index in [0.29, 0.717) is 13.0 Å². The van der Waals surface area contributed by atoms with E-state index in [-0.39, 0.29) is 17.7 Å². The molecule has 1 N–H and O–H groups in total. The molecule has 2 heterocycles. The van der Waals surface area contributed by atoms with Crippen molar-refractivity contribution in [2.24, 2.45) is 11.8 Å². The molecule has 27 heavy (non-hydrogen) atoms. The third-order valence-electron chi connectivity index (χ3n) is 5.69. The summed E-state index contributed by atoms with van der Waals surface area (Å²) in [7, 11) is 0. The molecule has 1 aliphatic carbocycles. The molecule has 4 nitrogen and oxygen atoms in total. The van der Waals surface area contributed by atoms with Crippen molar-refractivity contribution in [1.82, 2.24) is 15.2 Å². The van der Waals surface area contributed by atoms with Crippen molar-refractivity contribution in [2.75, 3.05) is 19.6 Å². The fourth-order valence-electron chi connectivity index (χ4n) is 4.18. The number of pyridine rings is 1. The van der Waals surface area contributed by atoms with Crippen LogP contribution in [0.15, 0.2) is 60.9 Å². The van der Waals surface area contributed by atoms with Gasteiger partial charge in [-0.1, -0.05) is 36.4 Å². The van der Waals surface area contributed by atoms with E-state index >= 15 is 4.39 Å². The number of halogens is 1. The van der Waals surface area contributed by atoms with E-state index in [1.165, 1.54) is 11.6 Å². The zero-order valence-electron chi connectivity index (χ0n) is 15.2. The summed E-state index contributed by atoms with van der Waals surface area (Å²) in [5, 5.41) is 2.79. The third kappa shape index (κ3) is 4.08. The van der Waals surface area contributed by atoms with Gasteiger partial charge in [0.1, 0.15) is 5.67 Å². The summed E-state index contributed by atoms with van der Waals surface area (Å²) >= 11 is 0. The van der Waals surface area contributed by atoms with Gasteiger partial charge >= 0.3 is 0 Å². The molecular weight excluding hydrogens is 341 g/mol. The number of likely N-dealkylation sites (tertiary alicyclic amines) is 1. The molecular formula is C22H24FN3O. The Morgan fingerprint density at radius 3 is 2.70 bits per heavy atom. The SMILES string of the molecule is O=C(/C=C/c1cccnc1)NCCC1(F)[C@@H]2CN(Cc3ccccc3)C[C@@H]21. The van der Waals surface area contributed by atoms with Crippen molar-refractivity contribution < 1.29 is 9.18 Å².